The van der Waals surface area contributed by atoms with Crippen LogP contribution in [0.4, 0.5) is 0 Å². The van der Waals surface area contributed by atoms with Crippen molar-refractivity contribution in [3.8, 4) is 17.1 Å². The summed E-state index contributed by atoms with van der Waals surface area (Å²) in [6.45, 7) is 0. The maximum Gasteiger partial charge on any atom is 0.343 e. The second-order valence-corrected chi connectivity index (χ2v) is 6.08. The molecule has 0 bridgehead atoms. The van der Waals surface area contributed by atoms with E-state index >= 15 is 0 Å². The van der Waals surface area contributed by atoms with Crippen molar-refractivity contribution in [2.24, 2.45) is 5.73 Å². The standard InChI is InChI=1S/C20H18N2O6/c1-27-20(26)13-10-22-19(25)17(18(13)24)12(9-16(21)23)15-8-7-14(28-15)11-5-3-2-4-6-11/h2-8,10,12H,9H2,1H3,(H2,21,23)(H2,22,24,25)/t12-/m1/s1. The first-order valence-corrected chi connectivity index (χ1v) is 8.38. The number of pyridine rings is 1. The average molecular weight is 382 g/mol. The highest BCUT2D eigenvalue weighted by atomic mass is 16.5. The molecule has 3 rings (SSSR count). The molecule has 0 aliphatic carbocycles. The van der Waals surface area contributed by atoms with Crippen LogP contribution < -0.4 is 11.3 Å². The molecular weight excluding hydrogens is 364 g/mol. The van der Waals surface area contributed by atoms with Gasteiger partial charge in [0.05, 0.1) is 18.6 Å². The van der Waals surface area contributed by atoms with E-state index in [0.29, 0.717) is 5.76 Å². The van der Waals surface area contributed by atoms with Crippen LogP contribution in [0.5, 0.6) is 5.75 Å². The summed E-state index contributed by atoms with van der Waals surface area (Å²) in [6, 6.07) is 12.5. The first kappa shape index (κ1) is 19.0. The van der Waals surface area contributed by atoms with Crippen molar-refractivity contribution in [2.75, 3.05) is 7.11 Å². The molecule has 0 unspecified atom stereocenters. The van der Waals surface area contributed by atoms with Gasteiger partial charge in [-0.25, -0.2) is 4.79 Å². The minimum absolute atomic E-state index is 0.198. The summed E-state index contributed by atoms with van der Waals surface area (Å²) >= 11 is 0. The molecule has 8 heteroatoms. The topological polar surface area (TPSA) is 136 Å². The first-order chi connectivity index (χ1) is 13.4. The number of hydrogen-bond acceptors (Lipinski definition) is 6. The van der Waals surface area contributed by atoms with Gasteiger partial charge in [-0.3, -0.25) is 9.59 Å². The quantitative estimate of drug-likeness (QED) is 0.559. The van der Waals surface area contributed by atoms with E-state index in [1.54, 1.807) is 12.1 Å². The number of aromatic hydroxyl groups is 1. The molecule has 144 valence electrons. The zero-order valence-corrected chi connectivity index (χ0v) is 15.0. The van der Waals surface area contributed by atoms with Crippen LogP contribution in [0.15, 0.2) is 57.9 Å². The molecule has 0 spiro atoms. The Morgan fingerprint density at radius 2 is 1.93 bits per heavy atom. The van der Waals surface area contributed by atoms with E-state index in [2.05, 4.69) is 9.72 Å². The number of rotatable bonds is 6. The Bertz CT molecular complexity index is 1070. The molecule has 0 aliphatic rings. The fourth-order valence-corrected chi connectivity index (χ4v) is 2.97. The fourth-order valence-electron chi connectivity index (χ4n) is 2.97. The van der Waals surface area contributed by atoms with Crippen molar-refractivity contribution in [1.29, 1.82) is 0 Å². The van der Waals surface area contributed by atoms with Crippen LogP contribution in [0.2, 0.25) is 0 Å². The van der Waals surface area contributed by atoms with Gasteiger partial charge in [-0.2, -0.15) is 0 Å². The number of H-pyrrole nitrogens is 1. The second kappa shape index (κ2) is 7.83. The second-order valence-electron chi connectivity index (χ2n) is 6.08. The van der Waals surface area contributed by atoms with E-state index in [9.17, 15) is 19.5 Å². The lowest BCUT2D eigenvalue weighted by Gasteiger charge is -2.15. The zero-order chi connectivity index (χ0) is 20.3. The molecule has 1 amide bonds. The molecule has 1 atom stereocenters. The number of esters is 1. The van der Waals surface area contributed by atoms with Gasteiger partial charge in [0, 0.05) is 18.2 Å². The average Bonchev–Trinajstić information content (AvgIpc) is 3.17. The molecule has 0 aliphatic heterocycles. The summed E-state index contributed by atoms with van der Waals surface area (Å²) < 4.78 is 10.4. The predicted octanol–water partition coefficient (Wildman–Crippen LogP) is 2.13. The largest absolute Gasteiger partial charge is 0.506 e. The number of primary amides is 1. The van der Waals surface area contributed by atoms with Crippen molar-refractivity contribution in [3.63, 3.8) is 0 Å². The number of aromatic nitrogens is 1. The van der Waals surface area contributed by atoms with Gasteiger partial charge in [0.2, 0.25) is 5.91 Å². The summed E-state index contributed by atoms with van der Waals surface area (Å²) in [6.07, 6.45) is 0.745. The molecule has 0 radical (unpaired) electrons. The Kier molecular flexibility index (Phi) is 5.30. The number of nitrogens with two attached hydrogens (primary N) is 1. The Morgan fingerprint density at radius 3 is 2.57 bits per heavy atom. The molecule has 2 aromatic heterocycles. The van der Waals surface area contributed by atoms with E-state index in [1.807, 2.05) is 30.3 Å². The molecule has 3 aromatic rings. The summed E-state index contributed by atoms with van der Waals surface area (Å²) in [4.78, 5) is 38.3. The van der Waals surface area contributed by atoms with Crippen molar-refractivity contribution in [3.05, 3.63) is 75.9 Å². The molecule has 0 fully saturated rings. The molecule has 0 saturated heterocycles. The highest BCUT2D eigenvalue weighted by Crippen LogP contribution is 2.36. The number of aromatic amines is 1. The maximum atomic E-state index is 12.4. The van der Waals surface area contributed by atoms with Gasteiger partial charge >= 0.3 is 5.97 Å². The van der Waals surface area contributed by atoms with E-state index < -0.39 is 29.1 Å². The number of nitrogens with one attached hydrogen (secondary N) is 1. The van der Waals surface area contributed by atoms with Gasteiger partial charge in [-0.1, -0.05) is 30.3 Å². The van der Waals surface area contributed by atoms with Crippen LogP contribution >= 0.6 is 0 Å². The third-order valence-electron chi connectivity index (χ3n) is 4.29. The van der Waals surface area contributed by atoms with E-state index in [0.717, 1.165) is 18.9 Å². The fraction of sp³-hybridized carbons (Fsp3) is 0.150. The highest BCUT2D eigenvalue weighted by molar-refractivity contribution is 5.92. The van der Waals surface area contributed by atoms with Gasteiger partial charge < -0.3 is 25.0 Å². The van der Waals surface area contributed by atoms with E-state index in [4.69, 9.17) is 10.2 Å². The normalized spacial score (nSPS) is 11.8. The lowest BCUT2D eigenvalue weighted by atomic mass is 9.92. The minimum atomic E-state index is -0.983. The van der Waals surface area contributed by atoms with Crippen molar-refractivity contribution < 1.29 is 23.8 Å². The van der Waals surface area contributed by atoms with Crippen LogP contribution in [0, 0.1) is 0 Å². The number of benzene rings is 1. The lowest BCUT2D eigenvalue weighted by molar-refractivity contribution is -0.118. The van der Waals surface area contributed by atoms with Crippen LogP contribution in [-0.4, -0.2) is 29.1 Å². The third kappa shape index (κ3) is 3.66. The van der Waals surface area contributed by atoms with Crippen molar-refractivity contribution >= 4 is 11.9 Å². The molecule has 2 heterocycles. The summed E-state index contributed by atoms with van der Waals surface area (Å²) in [5, 5.41) is 10.5. The van der Waals surface area contributed by atoms with Crippen LogP contribution in [-0.2, 0) is 9.53 Å². The Morgan fingerprint density at radius 1 is 1.21 bits per heavy atom. The summed E-state index contributed by atoms with van der Waals surface area (Å²) in [5.41, 5.74) is 5.04. The van der Waals surface area contributed by atoms with Gasteiger partial charge in [0.25, 0.3) is 5.56 Å². The van der Waals surface area contributed by atoms with Crippen molar-refractivity contribution in [2.45, 2.75) is 12.3 Å². The smallest absolute Gasteiger partial charge is 0.343 e. The predicted molar refractivity (Wildman–Crippen MR) is 99.9 cm³/mol. The number of methoxy groups -OCH3 is 1. The van der Waals surface area contributed by atoms with Gasteiger partial charge in [-0.15, -0.1) is 0 Å². The maximum absolute atomic E-state index is 12.4. The van der Waals surface area contributed by atoms with E-state index in [1.165, 1.54) is 0 Å². The number of carbonyl (C=O) groups is 2. The lowest BCUT2D eigenvalue weighted by Crippen LogP contribution is -2.23. The molecule has 8 nitrogen and oxygen atoms in total. The van der Waals surface area contributed by atoms with E-state index in [-0.39, 0.29) is 23.3 Å². The summed E-state index contributed by atoms with van der Waals surface area (Å²) in [5.74, 6) is -2.34. The molecule has 28 heavy (non-hydrogen) atoms. The van der Waals surface area contributed by atoms with Gasteiger partial charge in [0.1, 0.15) is 22.8 Å². The number of furan rings is 1. The summed E-state index contributed by atoms with van der Waals surface area (Å²) in [7, 11) is 1.14. The number of amides is 1. The van der Waals surface area contributed by atoms with Crippen LogP contribution in [0.3, 0.4) is 0 Å². The number of hydrogen-bond donors (Lipinski definition) is 3. The van der Waals surface area contributed by atoms with Crippen molar-refractivity contribution in [1.82, 2.24) is 4.98 Å². The highest BCUT2D eigenvalue weighted by Gasteiger charge is 2.29. The van der Waals surface area contributed by atoms with Gasteiger partial charge in [-0.05, 0) is 12.1 Å². The molecule has 4 N–H and O–H groups in total. The Balaban J connectivity index is 2.12. The monoisotopic (exact) mass is 382 g/mol. The third-order valence-corrected chi connectivity index (χ3v) is 4.29. The zero-order valence-electron chi connectivity index (χ0n) is 15.0. The van der Waals surface area contributed by atoms with Crippen LogP contribution in [0.25, 0.3) is 11.3 Å². The Hall–Kier alpha value is -3.81. The molecule has 1 aromatic carbocycles. The number of carbonyl (C=O) groups excluding carboxylic acids is 2. The minimum Gasteiger partial charge on any atom is -0.506 e. The van der Waals surface area contributed by atoms with Crippen LogP contribution in [0.1, 0.15) is 34.0 Å². The molecular formula is C20H18N2O6. The number of ether oxygens (including phenoxy) is 1. The first-order valence-electron chi connectivity index (χ1n) is 8.38. The Labute approximate surface area is 159 Å². The SMILES string of the molecule is COC(=O)c1c[nH]c(=O)c([C@H](CC(N)=O)c2ccc(-c3ccccc3)o2)c1O. The van der Waals surface area contributed by atoms with Gasteiger partial charge in [0.15, 0.2) is 0 Å². The molecule has 0 saturated carbocycles.